The summed E-state index contributed by atoms with van der Waals surface area (Å²) in [6.07, 6.45) is 0. The van der Waals surface area contributed by atoms with Gasteiger partial charge in [0.15, 0.2) is 17.5 Å². The summed E-state index contributed by atoms with van der Waals surface area (Å²) >= 11 is 0. The zero-order valence-electron chi connectivity index (χ0n) is 32.5. The van der Waals surface area contributed by atoms with E-state index in [-0.39, 0.29) is 0 Å². The van der Waals surface area contributed by atoms with Gasteiger partial charge in [0.1, 0.15) is 0 Å². The highest BCUT2D eigenvalue weighted by atomic mass is 15.0. The van der Waals surface area contributed by atoms with Crippen molar-refractivity contribution in [2.24, 2.45) is 0 Å². The van der Waals surface area contributed by atoms with E-state index >= 15 is 0 Å². The van der Waals surface area contributed by atoms with Crippen LogP contribution in [0.2, 0.25) is 0 Å². The molecule has 1 heterocycles. The van der Waals surface area contributed by atoms with Gasteiger partial charge in [0.2, 0.25) is 0 Å². The maximum absolute atomic E-state index is 5.27. The lowest BCUT2D eigenvalue weighted by molar-refractivity contribution is 1.08. The second kappa shape index (κ2) is 13.8. The van der Waals surface area contributed by atoms with Gasteiger partial charge < -0.3 is 0 Å². The number of rotatable bonds is 5. The summed E-state index contributed by atoms with van der Waals surface area (Å²) in [5.74, 6) is 1.90. The quantitative estimate of drug-likeness (QED) is 0.164. The van der Waals surface area contributed by atoms with E-state index in [0.717, 1.165) is 32.8 Å². The lowest BCUT2D eigenvalue weighted by atomic mass is 9.84. The zero-order valence-corrected chi connectivity index (χ0v) is 32.5. The van der Waals surface area contributed by atoms with Crippen molar-refractivity contribution in [1.29, 1.82) is 0 Å². The Labute approximate surface area is 346 Å². The fraction of sp³-hybridized carbons (Fsp3) is 0. The second-order valence-electron chi connectivity index (χ2n) is 15.6. The van der Waals surface area contributed by atoms with E-state index in [4.69, 9.17) is 15.0 Å². The zero-order chi connectivity index (χ0) is 39.6. The smallest absolute Gasteiger partial charge is 0.164 e. The Kier molecular flexibility index (Phi) is 7.85. The molecule has 0 N–H and O–H groups in total. The van der Waals surface area contributed by atoms with Gasteiger partial charge in [0.05, 0.1) is 0 Å². The minimum absolute atomic E-state index is 0.628. The number of benzene rings is 11. The van der Waals surface area contributed by atoms with Gasteiger partial charge in [-0.15, -0.1) is 0 Å². The molecule has 12 aromatic rings. The molecule has 278 valence electrons. The Morgan fingerprint density at radius 3 is 0.900 bits per heavy atom. The van der Waals surface area contributed by atoms with E-state index in [2.05, 4.69) is 212 Å². The summed E-state index contributed by atoms with van der Waals surface area (Å²) in [6.45, 7) is 0. The molecule has 0 spiro atoms. The molecule has 3 heteroatoms. The minimum Gasteiger partial charge on any atom is -0.208 e. The molecule has 12 rings (SSSR count). The van der Waals surface area contributed by atoms with Crippen LogP contribution in [0.4, 0.5) is 0 Å². The van der Waals surface area contributed by atoms with Crippen LogP contribution >= 0.6 is 0 Å². The molecule has 0 aliphatic heterocycles. The average molecular weight is 762 g/mol. The molecule has 11 aromatic carbocycles. The van der Waals surface area contributed by atoms with Gasteiger partial charge in [0, 0.05) is 16.7 Å². The highest BCUT2D eigenvalue weighted by Crippen LogP contribution is 2.46. The third-order valence-electron chi connectivity index (χ3n) is 12.0. The Bertz CT molecular complexity index is 3580. The van der Waals surface area contributed by atoms with E-state index in [1.807, 2.05) is 0 Å². The Morgan fingerprint density at radius 1 is 0.200 bits per heavy atom. The summed E-state index contributed by atoms with van der Waals surface area (Å²) in [4.78, 5) is 15.7. The first-order valence-corrected chi connectivity index (χ1v) is 20.4. The maximum Gasteiger partial charge on any atom is 0.164 e. The van der Waals surface area contributed by atoms with Crippen molar-refractivity contribution in [1.82, 2.24) is 15.0 Å². The largest absolute Gasteiger partial charge is 0.208 e. The van der Waals surface area contributed by atoms with Crippen LogP contribution in [0.15, 0.2) is 212 Å². The molecule has 0 saturated heterocycles. The molecular formula is C57H35N3. The highest BCUT2D eigenvalue weighted by Gasteiger charge is 2.20. The van der Waals surface area contributed by atoms with Crippen molar-refractivity contribution < 1.29 is 0 Å². The van der Waals surface area contributed by atoms with E-state index in [9.17, 15) is 0 Å². The summed E-state index contributed by atoms with van der Waals surface area (Å²) in [5.41, 5.74) is 7.58. The first-order valence-electron chi connectivity index (χ1n) is 20.4. The molecule has 0 aliphatic carbocycles. The average Bonchev–Trinajstić information content (AvgIpc) is 3.32. The van der Waals surface area contributed by atoms with E-state index < -0.39 is 0 Å². The van der Waals surface area contributed by atoms with Crippen LogP contribution < -0.4 is 0 Å². The van der Waals surface area contributed by atoms with Gasteiger partial charge in [-0.1, -0.05) is 182 Å². The van der Waals surface area contributed by atoms with Crippen molar-refractivity contribution in [2.45, 2.75) is 0 Å². The van der Waals surface area contributed by atoms with E-state index in [1.54, 1.807) is 0 Å². The molecule has 1 aromatic heterocycles. The number of hydrogen-bond acceptors (Lipinski definition) is 3. The Hall–Kier alpha value is -8.01. The van der Waals surface area contributed by atoms with Gasteiger partial charge in [0.25, 0.3) is 0 Å². The van der Waals surface area contributed by atoms with Gasteiger partial charge in [-0.2, -0.15) is 0 Å². The van der Waals surface area contributed by atoms with Gasteiger partial charge in [-0.25, -0.2) is 15.0 Å². The van der Waals surface area contributed by atoms with E-state index in [1.165, 1.54) is 70.7 Å². The van der Waals surface area contributed by atoms with Crippen LogP contribution in [0.1, 0.15) is 0 Å². The lowest BCUT2D eigenvalue weighted by Gasteiger charge is -2.19. The van der Waals surface area contributed by atoms with Crippen molar-refractivity contribution in [2.75, 3.05) is 0 Å². The SMILES string of the molecule is c1ccc2cc(-c3nc(-c4ccc5ccccc5c4)nc(-c4ccc5c(-c6ccc7ccccc7c6)c6ccccc6c(-c6ccc7ccccc7c6)c5c4)n3)ccc2c1. The van der Waals surface area contributed by atoms with Crippen molar-refractivity contribution in [3.05, 3.63) is 212 Å². The van der Waals surface area contributed by atoms with Crippen LogP contribution in [0, 0.1) is 0 Å². The second-order valence-corrected chi connectivity index (χ2v) is 15.6. The molecule has 0 saturated carbocycles. The van der Waals surface area contributed by atoms with Gasteiger partial charge >= 0.3 is 0 Å². The monoisotopic (exact) mass is 761 g/mol. The first kappa shape index (κ1) is 34.1. The number of fused-ring (bicyclic) bond motifs is 6. The molecule has 3 nitrogen and oxygen atoms in total. The van der Waals surface area contributed by atoms with Crippen LogP contribution in [-0.2, 0) is 0 Å². The minimum atomic E-state index is 0.628. The molecule has 0 amide bonds. The summed E-state index contributed by atoms with van der Waals surface area (Å²) < 4.78 is 0. The number of hydrogen-bond donors (Lipinski definition) is 0. The predicted octanol–water partition coefficient (Wildman–Crippen LogP) is 15.1. The topological polar surface area (TPSA) is 38.7 Å². The van der Waals surface area contributed by atoms with Gasteiger partial charge in [-0.3, -0.25) is 0 Å². The Balaban J connectivity index is 1.14. The van der Waals surface area contributed by atoms with Crippen molar-refractivity contribution >= 4 is 64.6 Å². The maximum atomic E-state index is 5.27. The third-order valence-corrected chi connectivity index (χ3v) is 12.0. The van der Waals surface area contributed by atoms with Crippen LogP contribution in [-0.4, -0.2) is 15.0 Å². The first-order chi connectivity index (χ1) is 29.7. The van der Waals surface area contributed by atoms with Crippen LogP contribution in [0.3, 0.4) is 0 Å². The normalized spacial score (nSPS) is 11.7. The molecule has 0 bridgehead atoms. The lowest BCUT2D eigenvalue weighted by Crippen LogP contribution is -2.00. The summed E-state index contributed by atoms with van der Waals surface area (Å²) in [5, 5.41) is 14.2. The molecule has 0 aliphatic rings. The number of aromatic nitrogens is 3. The molecule has 0 fully saturated rings. The van der Waals surface area contributed by atoms with Gasteiger partial charge in [-0.05, 0) is 117 Å². The fourth-order valence-corrected chi connectivity index (χ4v) is 9.05. The highest BCUT2D eigenvalue weighted by molar-refractivity contribution is 6.22. The Morgan fingerprint density at radius 2 is 0.483 bits per heavy atom. The summed E-state index contributed by atoms with van der Waals surface area (Å²) in [6, 6.07) is 76.2. The molecule has 60 heavy (non-hydrogen) atoms. The predicted molar refractivity (Wildman–Crippen MR) is 252 cm³/mol. The van der Waals surface area contributed by atoms with E-state index in [0.29, 0.717) is 17.5 Å². The van der Waals surface area contributed by atoms with Crippen molar-refractivity contribution in [3.63, 3.8) is 0 Å². The third kappa shape index (κ3) is 5.79. The summed E-state index contributed by atoms with van der Waals surface area (Å²) in [7, 11) is 0. The molecule has 0 unspecified atom stereocenters. The molecule has 0 radical (unpaired) electrons. The standard InChI is InChI=1S/C57H35N3/c1-5-15-40-31-44(25-21-36(40)11-1)53-49-19-9-10-20-50(49)54(45-26-22-37-12-2-6-16-41(37)32-45)52-35-48(29-30-51(52)53)57-59-55(46-27-23-38-13-3-7-17-42(38)33-46)58-56(60-57)47-28-24-39-14-4-8-18-43(39)34-47/h1-35H. The number of nitrogens with zero attached hydrogens (tertiary/aromatic N) is 3. The van der Waals surface area contributed by atoms with Crippen LogP contribution in [0.25, 0.3) is 121 Å². The molecule has 0 atom stereocenters. The molecular weight excluding hydrogens is 727 g/mol. The fourth-order valence-electron chi connectivity index (χ4n) is 9.05. The van der Waals surface area contributed by atoms with Crippen molar-refractivity contribution in [3.8, 4) is 56.4 Å². The van der Waals surface area contributed by atoms with Crippen LogP contribution in [0.5, 0.6) is 0 Å².